The van der Waals surface area contributed by atoms with Gasteiger partial charge in [0.15, 0.2) is 0 Å². The summed E-state index contributed by atoms with van der Waals surface area (Å²) in [5, 5.41) is 3.21. The maximum Gasteiger partial charge on any atom is 0.223 e. The van der Waals surface area contributed by atoms with Crippen molar-refractivity contribution in [2.75, 3.05) is 6.54 Å². The van der Waals surface area contributed by atoms with Crippen LogP contribution in [0.15, 0.2) is 0 Å². The van der Waals surface area contributed by atoms with Crippen molar-refractivity contribution in [3.63, 3.8) is 0 Å². The molecule has 18 heavy (non-hydrogen) atoms. The lowest BCUT2D eigenvalue weighted by atomic mass is 9.81. The van der Waals surface area contributed by atoms with Crippen LogP contribution in [0.25, 0.3) is 0 Å². The summed E-state index contributed by atoms with van der Waals surface area (Å²) in [5.74, 6) is 1.21. The van der Waals surface area contributed by atoms with Gasteiger partial charge in [-0.25, -0.2) is 0 Å². The summed E-state index contributed by atoms with van der Waals surface area (Å²) in [4.78, 5) is 12.9. The van der Waals surface area contributed by atoms with E-state index in [-0.39, 0.29) is 11.3 Å². The Balaban J connectivity index is 1.78. The topological polar surface area (TPSA) is 29.1 Å². The summed E-state index contributed by atoms with van der Waals surface area (Å²) in [6.07, 6.45) is 8.55. The Bertz CT molecular complexity index is 303. The zero-order chi connectivity index (χ0) is 13.2. The molecule has 0 aliphatic heterocycles. The second-order valence-electron chi connectivity index (χ2n) is 6.81. The van der Waals surface area contributed by atoms with Crippen molar-refractivity contribution in [3.8, 4) is 0 Å². The normalized spacial score (nSPS) is 35.4. The molecule has 0 spiro atoms. The van der Waals surface area contributed by atoms with Crippen molar-refractivity contribution in [1.82, 2.24) is 5.32 Å². The van der Waals surface area contributed by atoms with Crippen LogP contribution in [0.3, 0.4) is 0 Å². The van der Waals surface area contributed by atoms with Gasteiger partial charge in [0, 0.05) is 17.3 Å². The van der Waals surface area contributed by atoms with Crippen molar-refractivity contribution in [3.05, 3.63) is 0 Å². The van der Waals surface area contributed by atoms with Gasteiger partial charge in [-0.3, -0.25) is 4.79 Å². The first-order valence-electron chi connectivity index (χ1n) is 7.41. The SMILES string of the molecule is CC1(C)CCCC1C(=O)NCC1CCCC(Br)C1. The lowest BCUT2D eigenvalue weighted by Gasteiger charge is -2.29. The van der Waals surface area contributed by atoms with E-state index in [0.29, 0.717) is 16.7 Å². The van der Waals surface area contributed by atoms with Crippen molar-refractivity contribution in [2.45, 2.75) is 63.6 Å². The van der Waals surface area contributed by atoms with E-state index in [0.717, 1.165) is 13.0 Å². The van der Waals surface area contributed by atoms with Gasteiger partial charge in [-0.1, -0.05) is 42.6 Å². The van der Waals surface area contributed by atoms with E-state index in [2.05, 4.69) is 35.1 Å². The molecule has 0 aromatic rings. The van der Waals surface area contributed by atoms with Crippen molar-refractivity contribution < 1.29 is 4.79 Å². The van der Waals surface area contributed by atoms with E-state index in [9.17, 15) is 4.79 Å². The van der Waals surface area contributed by atoms with Crippen LogP contribution in [0.4, 0.5) is 0 Å². The molecule has 2 rings (SSSR count). The molecular weight excluding hydrogens is 290 g/mol. The van der Waals surface area contributed by atoms with Gasteiger partial charge in [-0.2, -0.15) is 0 Å². The molecule has 0 aromatic heterocycles. The monoisotopic (exact) mass is 315 g/mol. The summed E-state index contributed by atoms with van der Waals surface area (Å²) in [6, 6.07) is 0. The van der Waals surface area contributed by atoms with Crippen LogP contribution in [0, 0.1) is 17.3 Å². The Morgan fingerprint density at radius 3 is 2.67 bits per heavy atom. The average molecular weight is 316 g/mol. The van der Waals surface area contributed by atoms with Gasteiger partial charge in [0.05, 0.1) is 0 Å². The van der Waals surface area contributed by atoms with Crippen molar-refractivity contribution >= 4 is 21.8 Å². The maximum absolute atomic E-state index is 12.3. The minimum absolute atomic E-state index is 0.203. The third-order valence-corrected chi connectivity index (χ3v) is 5.69. The molecule has 104 valence electrons. The molecule has 3 heteroatoms. The Morgan fingerprint density at radius 2 is 2.06 bits per heavy atom. The summed E-state index contributed by atoms with van der Waals surface area (Å²) >= 11 is 3.71. The number of nitrogens with one attached hydrogen (secondary N) is 1. The van der Waals surface area contributed by atoms with Gasteiger partial charge in [0.25, 0.3) is 0 Å². The molecule has 2 fully saturated rings. The Labute approximate surface area is 119 Å². The van der Waals surface area contributed by atoms with Crippen LogP contribution in [-0.4, -0.2) is 17.3 Å². The molecular formula is C15H26BrNO. The summed E-state index contributed by atoms with van der Waals surface area (Å²) < 4.78 is 0. The summed E-state index contributed by atoms with van der Waals surface area (Å²) in [7, 11) is 0. The fourth-order valence-electron chi connectivity index (χ4n) is 3.59. The van der Waals surface area contributed by atoms with E-state index in [1.807, 2.05) is 0 Å². The predicted octanol–water partition coefficient (Wildman–Crippen LogP) is 3.88. The zero-order valence-electron chi connectivity index (χ0n) is 11.7. The second-order valence-corrected chi connectivity index (χ2v) is 8.10. The molecule has 2 saturated carbocycles. The van der Waals surface area contributed by atoms with Gasteiger partial charge in [-0.05, 0) is 43.4 Å². The number of alkyl halides is 1. The number of halogens is 1. The van der Waals surface area contributed by atoms with Gasteiger partial charge in [0.1, 0.15) is 0 Å². The van der Waals surface area contributed by atoms with Crippen LogP contribution in [0.1, 0.15) is 58.8 Å². The fourth-order valence-corrected chi connectivity index (χ4v) is 4.44. The van der Waals surface area contributed by atoms with Crippen molar-refractivity contribution in [1.29, 1.82) is 0 Å². The lowest BCUT2D eigenvalue weighted by Crippen LogP contribution is -2.39. The van der Waals surface area contributed by atoms with Crippen molar-refractivity contribution in [2.24, 2.45) is 17.3 Å². The van der Waals surface area contributed by atoms with Gasteiger partial charge in [-0.15, -0.1) is 0 Å². The molecule has 2 aliphatic carbocycles. The van der Waals surface area contributed by atoms with E-state index in [1.165, 1.54) is 38.5 Å². The first-order chi connectivity index (χ1) is 8.49. The minimum Gasteiger partial charge on any atom is -0.356 e. The highest BCUT2D eigenvalue weighted by atomic mass is 79.9. The molecule has 0 bridgehead atoms. The minimum atomic E-state index is 0.203. The molecule has 0 saturated heterocycles. The Hall–Kier alpha value is -0.0500. The molecule has 0 heterocycles. The van der Waals surface area contributed by atoms with E-state index in [4.69, 9.17) is 0 Å². The van der Waals surface area contributed by atoms with Crippen LogP contribution in [0.2, 0.25) is 0 Å². The smallest absolute Gasteiger partial charge is 0.223 e. The molecule has 1 N–H and O–H groups in total. The van der Waals surface area contributed by atoms with Crippen LogP contribution in [0.5, 0.6) is 0 Å². The van der Waals surface area contributed by atoms with E-state index >= 15 is 0 Å². The molecule has 1 amide bonds. The van der Waals surface area contributed by atoms with Gasteiger partial charge >= 0.3 is 0 Å². The highest BCUT2D eigenvalue weighted by Crippen LogP contribution is 2.42. The van der Waals surface area contributed by atoms with Crippen LogP contribution >= 0.6 is 15.9 Å². The number of carbonyl (C=O) groups is 1. The molecule has 3 atom stereocenters. The average Bonchev–Trinajstić information content (AvgIpc) is 2.66. The first kappa shape index (κ1) is 14.4. The maximum atomic E-state index is 12.3. The fraction of sp³-hybridized carbons (Fsp3) is 0.933. The molecule has 3 unspecified atom stereocenters. The Morgan fingerprint density at radius 1 is 1.28 bits per heavy atom. The highest BCUT2D eigenvalue weighted by Gasteiger charge is 2.39. The number of amides is 1. The third-order valence-electron chi connectivity index (χ3n) is 4.86. The van der Waals surface area contributed by atoms with Crippen LogP contribution < -0.4 is 5.32 Å². The molecule has 0 aromatic carbocycles. The quantitative estimate of drug-likeness (QED) is 0.787. The number of hydrogen-bond acceptors (Lipinski definition) is 1. The second kappa shape index (κ2) is 5.94. The molecule has 0 radical (unpaired) electrons. The predicted molar refractivity (Wildman–Crippen MR) is 78.8 cm³/mol. The number of carbonyl (C=O) groups excluding carboxylic acids is 1. The number of rotatable bonds is 3. The lowest BCUT2D eigenvalue weighted by molar-refractivity contribution is -0.127. The zero-order valence-corrected chi connectivity index (χ0v) is 13.3. The first-order valence-corrected chi connectivity index (χ1v) is 8.32. The third kappa shape index (κ3) is 3.49. The Kier molecular flexibility index (Phi) is 4.74. The summed E-state index contributed by atoms with van der Waals surface area (Å²) in [6.45, 7) is 5.35. The van der Waals surface area contributed by atoms with E-state index in [1.54, 1.807) is 0 Å². The van der Waals surface area contributed by atoms with E-state index < -0.39 is 0 Å². The standard InChI is InChI=1S/C15H26BrNO/c1-15(2)8-4-7-13(15)14(18)17-10-11-5-3-6-12(16)9-11/h11-13H,3-10H2,1-2H3,(H,17,18). The number of hydrogen-bond donors (Lipinski definition) is 1. The van der Waals surface area contributed by atoms with Crippen LogP contribution in [-0.2, 0) is 4.79 Å². The highest BCUT2D eigenvalue weighted by molar-refractivity contribution is 9.09. The largest absolute Gasteiger partial charge is 0.356 e. The molecule has 2 aliphatic rings. The van der Waals surface area contributed by atoms with Gasteiger partial charge in [0.2, 0.25) is 5.91 Å². The van der Waals surface area contributed by atoms with Gasteiger partial charge < -0.3 is 5.32 Å². The molecule has 2 nitrogen and oxygen atoms in total. The summed E-state index contributed by atoms with van der Waals surface area (Å²) in [5.41, 5.74) is 0.203.